The molecule has 0 aromatic heterocycles. The Balaban J connectivity index is 2.33. The smallest absolute Gasteiger partial charge is 0.329 e. The molecular weight excluding hydrogens is 1360 g/mol. The maximum atomic E-state index is 14.6. The van der Waals surface area contributed by atoms with Crippen molar-refractivity contribution in [1.82, 2.24) is 63.4 Å². The van der Waals surface area contributed by atoms with E-state index in [1.165, 1.54) is 31.7 Å². The van der Waals surface area contributed by atoms with Crippen molar-refractivity contribution >= 4 is 82.6 Å². The molecule has 0 saturated carbocycles. The van der Waals surface area contributed by atoms with Crippen molar-refractivity contribution in [3.63, 3.8) is 0 Å². The van der Waals surface area contributed by atoms with E-state index in [2.05, 4.69) is 58.5 Å². The van der Waals surface area contributed by atoms with E-state index in [0.29, 0.717) is 37.2 Å². The van der Waals surface area contributed by atoms with Gasteiger partial charge in [-0.05, 0) is 119 Å². The lowest BCUT2D eigenvalue weighted by Crippen LogP contribution is -2.63. The number of Topliss-reactive ketones (excluding diaryl/α,β-unsaturated/α-hetero) is 1. The molecule has 1 saturated heterocycles. The van der Waals surface area contributed by atoms with Gasteiger partial charge in [0.25, 0.3) is 5.91 Å². The molecule has 0 spiro atoms. The number of benzene rings is 1. The molecule has 0 radical (unpaired) electrons. The Kier molecular flexibility index (Phi) is 40.6. The molecule has 16 N–H and O–H groups in total. The van der Waals surface area contributed by atoms with Gasteiger partial charge in [-0.3, -0.25) is 62.3 Å². The summed E-state index contributed by atoms with van der Waals surface area (Å²) in [5.41, 5.74) is 12.5. The number of likely N-dealkylation sites (tertiary alicyclic amines) is 1. The van der Waals surface area contributed by atoms with Gasteiger partial charge in [-0.1, -0.05) is 166 Å². The van der Waals surface area contributed by atoms with Crippen LogP contribution in [-0.2, 0) is 78.3 Å². The van der Waals surface area contributed by atoms with Crippen LogP contribution in [0.3, 0.4) is 0 Å². The molecule has 17 unspecified atom stereocenters. The number of nitrogens with two attached hydrogens (primary N) is 2. The second-order valence-electron chi connectivity index (χ2n) is 30.1. The first kappa shape index (κ1) is 93.7. The Morgan fingerprint density at radius 3 is 1.52 bits per heavy atom. The Morgan fingerprint density at radius 2 is 1.02 bits per heavy atom. The van der Waals surface area contributed by atoms with Gasteiger partial charge < -0.3 is 84.7 Å². The fourth-order valence-corrected chi connectivity index (χ4v) is 11.8. The van der Waals surface area contributed by atoms with Crippen LogP contribution in [0, 0.1) is 47.3 Å². The zero-order valence-corrected chi connectivity index (χ0v) is 66.3. The minimum absolute atomic E-state index is 0.00896. The maximum absolute atomic E-state index is 14.6. The van der Waals surface area contributed by atoms with Gasteiger partial charge >= 0.3 is 5.97 Å². The number of aliphatic hydroxyl groups is 1. The fraction of sp³-hybridized carbons (Fsp3) is 0.711. The van der Waals surface area contributed by atoms with Gasteiger partial charge in [-0.2, -0.15) is 0 Å². The number of nitrogens with zero attached hydrogens (tertiary/aromatic N) is 1. The third-order valence-electron chi connectivity index (χ3n) is 19.6. The third-order valence-corrected chi connectivity index (χ3v) is 19.6. The highest BCUT2D eigenvalue weighted by Gasteiger charge is 2.43. The highest BCUT2D eigenvalue weighted by molar-refractivity contribution is 6.02. The quantitative estimate of drug-likeness (QED) is 0.0329. The van der Waals surface area contributed by atoms with Crippen LogP contribution in [0.15, 0.2) is 42.1 Å². The average Bonchev–Trinajstić information content (AvgIpc) is 1.58. The number of hydrogen-bond acceptors (Lipinski definition) is 18. The molecule has 0 aliphatic carbocycles. The summed E-state index contributed by atoms with van der Waals surface area (Å²) in [6, 6.07) is -6.31. The van der Waals surface area contributed by atoms with E-state index in [1.807, 2.05) is 27.7 Å². The molecule has 1 fully saturated rings. The SMILES string of the molecule is CC=C(NC(=O)C(Cc1ccccc1)NC(=O)C(NC(=O)C(N)C(C)CC)C(C)C)C(=O)NC(C(=O)OC(C)C(NC(=O)C(NC(=O)C(CCCN)NC(=O)C1CCCN1C(=O)C(NC(=O)C(NC(=O)C(NC(=O)C(NC(=O)CCC(C)CC)C(C)C)C(C)O)C(C)C)C(C)C)C(C)CC)C(C)=O)C(C)C. The first-order valence-electron chi connectivity index (χ1n) is 37.8. The van der Waals surface area contributed by atoms with Gasteiger partial charge in [0, 0.05) is 19.4 Å². The van der Waals surface area contributed by atoms with Crippen molar-refractivity contribution in [2.45, 2.75) is 287 Å². The molecule has 598 valence electrons. The summed E-state index contributed by atoms with van der Waals surface area (Å²) in [6.07, 6.45) is 1.81. The first-order chi connectivity index (χ1) is 49.6. The van der Waals surface area contributed by atoms with Gasteiger partial charge in [0.2, 0.25) is 65.0 Å². The van der Waals surface area contributed by atoms with E-state index in [9.17, 15) is 72.2 Å². The molecule has 106 heavy (non-hydrogen) atoms. The summed E-state index contributed by atoms with van der Waals surface area (Å²) < 4.78 is 5.81. The van der Waals surface area contributed by atoms with Crippen LogP contribution in [0.1, 0.15) is 202 Å². The fourth-order valence-electron chi connectivity index (χ4n) is 11.8. The average molecular weight is 1490 g/mol. The zero-order chi connectivity index (χ0) is 80.7. The highest BCUT2D eigenvalue weighted by Crippen LogP contribution is 2.23. The van der Waals surface area contributed by atoms with Crippen molar-refractivity contribution in [3.05, 3.63) is 47.7 Å². The van der Waals surface area contributed by atoms with Crippen molar-refractivity contribution in [2.75, 3.05) is 13.1 Å². The molecule has 1 aliphatic rings. The van der Waals surface area contributed by atoms with Crippen LogP contribution >= 0.6 is 0 Å². The van der Waals surface area contributed by atoms with Crippen molar-refractivity contribution < 1.29 is 77.0 Å². The molecule has 12 amide bonds. The Hall–Kier alpha value is -8.38. The lowest BCUT2D eigenvalue weighted by molar-refractivity contribution is -0.156. The molecule has 1 heterocycles. The zero-order valence-electron chi connectivity index (χ0n) is 66.3. The molecule has 2 rings (SSSR count). The minimum atomic E-state index is -1.56. The van der Waals surface area contributed by atoms with Crippen LogP contribution < -0.4 is 70.0 Å². The number of ketones is 1. The molecule has 1 aromatic rings. The number of esters is 1. The number of hydrogen-bond donors (Lipinski definition) is 14. The number of allylic oxidation sites excluding steroid dienone is 1. The predicted molar refractivity (Wildman–Crippen MR) is 402 cm³/mol. The summed E-state index contributed by atoms with van der Waals surface area (Å²) in [5, 5.41) is 40.3. The molecule has 30 nitrogen and oxygen atoms in total. The minimum Gasteiger partial charge on any atom is -0.458 e. The predicted octanol–water partition coefficient (Wildman–Crippen LogP) is 2.25. The van der Waals surface area contributed by atoms with Crippen LogP contribution in [-0.4, -0.2) is 190 Å². The maximum Gasteiger partial charge on any atom is 0.329 e. The molecular formula is C76H128N14O16. The Morgan fingerprint density at radius 1 is 0.538 bits per heavy atom. The summed E-state index contributed by atoms with van der Waals surface area (Å²) >= 11 is 0. The largest absolute Gasteiger partial charge is 0.458 e. The van der Waals surface area contributed by atoms with Crippen molar-refractivity contribution in [3.8, 4) is 0 Å². The highest BCUT2D eigenvalue weighted by atomic mass is 16.5. The molecule has 17 atom stereocenters. The van der Waals surface area contributed by atoms with E-state index >= 15 is 0 Å². The van der Waals surface area contributed by atoms with Gasteiger partial charge in [-0.25, -0.2) is 4.79 Å². The van der Waals surface area contributed by atoms with E-state index in [4.69, 9.17) is 16.2 Å². The first-order valence-corrected chi connectivity index (χ1v) is 37.8. The third kappa shape index (κ3) is 29.4. The van der Waals surface area contributed by atoms with Gasteiger partial charge in [0.15, 0.2) is 5.78 Å². The summed E-state index contributed by atoms with van der Waals surface area (Å²) in [4.78, 5) is 197. The van der Waals surface area contributed by atoms with Crippen LogP contribution in [0.25, 0.3) is 0 Å². The number of carbonyl (C=O) groups excluding carboxylic acids is 14. The number of carbonyl (C=O) groups is 14. The lowest BCUT2D eigenvalue weighted by Gasteiger charge is -2.33. The molecule has 1 aliphatic heterocycles. The van der Waals surface area contributed by atoms with Gasteiger partial charge in [-0.15, -0.1) is 0 Å². The van der Waals surface area contributed by atoms with Crippen molar-refractivity contribution in [1.29, 1.82) is 0 Å². The monoisotopic (exact) mass is 1490 g/mol. The van der Waals surface area contributed by atoms with Crippen LogP contribution in [0.2, 0.25) is 0 Å². The number of amides is 12. The Bertz CT molecular complexity index is 3140. The molecule has 1 aromatic carbocycles. The van der Waals surface area contributed by atoms with Gasteiger partial charge in [0.1, 0.15) is 78.3 Å². The summed E-state index contributed by atoms with van der Waals surface area (Å²) in [5.74, 6) is -13.4. The molecule has 0 bridgehead atoms. The second kappa shape index (κ2) is 46.0. The number of ether oxygens (including phenoxy) is 1. The van der Waals surface area contributed by atoms with E-state index in [-0.39, 0.29) is 62.7 Å². The Labute approximate surface area is 627 Å². The van der Waals surface area contributed by atoms with E-state index in [0.717, 1.165) is 13.3 Å². The summed E-state index contributed by atoms with van der Waals surface area (Å²) in [6.45, 7) is 33.4. The van der Waals surface area contributed by atoms with Crippen molar-refractivity contribution in [2.24, 2.45) is 58.8 Å². The normalized spacial score (nSPS) is 17.7. The number of nitrogens with one attached hydrogen (secondary N) is 11. The topological polar surface area (TPSA) is 456 Å². The summed E-state index contributed by atoms with van der Waals surface area (Å²) in [7, 11) is 0. The van der Waals surface area contributed by atoms with E-state index in [1.54, 1.807) is 113 Å². The van der Waals surface area contributed by atoms with Gasteiger partial charge in [0.05, 0.1) is 12.1 Å². The number of rotatable bonds is 45. The number of aliphatic hydroxyl groups excluding tert-OH is 1. The second-order valence-corrected chi connectivity index (χ2v) is 30.1. The van der Waals surface area contributed by atoms with Crippen LogP contribution in [0.5, 0.6) is 0 Å². The standard InChI is InChI=1S/C76H128N14O16/c1-21-44(15)34-35-55(93)82-57(39(5)6)71(100)89-64(48(19)92)74(103)84-59(41(9)10)72(101)85-60(42(11)12)75(104)90-37-29-33-54(90)68(97)80-52(32-28-36-77)66(95)87-62(46(17)23-3)73(102)88-63(47(18)91)49(20)106-76(105)61(43(13)14)86-65(94)51(24-4)79-67(96)53(38-50-30-26-25-27-31-50)81-70(99)58(40(7)8)83-69(98)56(78)45(16)22-2/h24-27,30-31,39-46,48-49,52-54,56-64,92H,21-23,28-29,32-38,77-78H2,1-20H3,(H,79,96)(H,80,97)(H,81,99)(H,82,93)(H,83,98)(H,84,103)(H,85,101)(H,86,94)(H,87,95)(H,88,102)(H,89,100). The van der Waals surface area contributed by atoms with E-state index < -0.39 is 197 Å². The van der Waals surface area contributed by atoms with Crippen LogP contribution in [0.4, 0.5) is 0 Å². The lowest BCUT2D eigenvalue weighted by atomic mass is 9.96. The molecule has 30 heteroatoms.